The van der Waals surface area contributed by atoms with E-state index in [1.807, 2.05) is 32.0 Å². The number of thiazole rings is 1. The van der Waals surface area contributed by atoms with Crippen molar-refractivity contribution in [2.24, 2.45) is 5.92 Å². The Labute approximate surface area is 173 Å². The molecule has 1 saturated heterocycles. The minimum absolute atomic E-state index is 0.0296. The average Bonchev–Trinajstić information content (AvgIpc) is 3.34. The van der Waals surface area contributed by atoms with Gasteiger partial charge in [-0.05, 0) is 44.4 Å². The Morgan fingerprint density at radius 2 is 2.21 bits per heavy atom. The van der Waals surface area contributed by atoms with Crippen LogP contribution in [0.15, 0.2) is 35.7 Å². The van der Waals surface area contributed by atoms with Crippen molar-refractivity contribution in [1.29, 1.82) is 0 Å². The third-order valence-corrected chi connectivity index (χ3v) is 7.79. The van der Waals surface area contributed by atoms with Crippen molar-refractivity contribution >= 4 is 42.6 Å². The molecule has 0 radical (unpaired) electrons. The van der Waals surface area contributed by atoms with Gasteiger partial charge >= 0.3 is 0 Å². The number of sulfonamides is 1. The number of nitrogens with zero attached hydrogens (tertiary/aromatic N) is 4. The predicted octanol–water partition coefficient (Wildman–Crippen LogP) is 2.86. The molecule has 0 aliphatic carbocycles. The van der Waals surface area contributed by atoms with Gasteiger partial charge in [-0.2, -0.15) is 4.31 Å². The fourth-order valence-electron chi connectivity index (χ4n) is 3.45. The molecule has 3 aromatic rings. The van der Waals surface area contributed by atoms with E-state index in [0.29, 0.717) is 31.1 Å². The third-order valence-electron chi connectivity index (χ3n) is 5.11. The minimum Gasteiger partial charge on any atom is -0.336 e. The van der Waals surface area contributed by atoms with E-state index < -0.39 is 15.9 Å². The number of piperidine rings is 1. The zero-order valence-electron chi connectivity index (χ0n) is 16.3. The SMILES string of the molecule is CCn1cnc(S(=O)(=O)N2CCC[C@H](C(=O)Nc3nc4ccc(C)cc4s3)C2)c1. The van der Waals surface area contributed by atoms with Gasteiger partial charge in [0.2, 0.25) is 5.91 Å². The van der Waals surface area contributed by atoms with Crippen LogP contribution in [0.4, 0.5) is 5.13 Å². The summed E-state index contributed by atoms with van der Waals surface area (Å²) in [7, 11) is -3.71. The first-order valence-electron chi connectivity index (χ1n) is 9.57. The lowest BCUT2D eigenvalue weighted by Crippen LogP contribution is -2.43. The van der Waals surface area contributed by atoms with E-state index in [1.165, 1.54) is 28.2 Å². The van der Waals surface area contributed by atoms with Gasteiger partial charge in [-0.3, -0.25) is 4.79 Å². The number of aryl methyl sites for hydroxylation is 2. The molecule has 1 N–H and O–H groups in total. The molecule has 0 saturated carbocycles. The Morgan fingerprint density at radius 1 is 1.38 bits per heavy atom. The maximum Gasteiger partial charge on any atom is 0.262 e. The van der Waals surface area contributed by atoms with Crippen molar-refractivity contribution in [2.75, 3.05) is 18.4 Å². The summed E-state index contributed by atoms with van der Waals surface area (Å²) in [5, 5.41) is 3.44. The van der Waals surface area contributed by atoms with Crippen LogP contribution in [0.5, 0.6) is 0 Å². The first kappa shape index (κ1) is 20.0. The van der Waals surface area contributed by atoms with E-state index in [2.05, 4.69) is 15.3 Å². The van der Waals surface area contributed by atoms with Gasteiger partial charge in [-0.25, -0.2) is 18.4 Å². The third kappa shape index (κ3) is 4.05. The Bertz CT molecular complexity index is 1150. The highest BCUT2D eigenvalue weighted by Crippen LogP contribution is 2.28. The number of rotatable bonds is 5. The summed E-state index contributed by atoms with van der Waals surface area (Å²) < 4.78 is 29.9. The van der Waals surface area contributed by atoms with E-state index in [-0.39, 0.29) is 17.5 Å². The molecular formula is C19H23N5O3S2. The second-order valence-electron chi connectivity index (χ2n) is 7.22. The van der Waals surface area contributed by atoms with E-state index in [0.717, 1.165) is 15.8 Å². The molecule has 1 fully saturated rings. The van der Waals surface area contributed by atoms with Gasteiger partial charge in [0.1, 0.15) is 0 Å². The van der Waals surface area contributed by atoms with Gasteiger partial charge < -0.3 is 9.88 Å². The molecule has 154 valence electrons. The van der Waals surface area contributed by atoms with Crippen molar-refractivity contribution < 1.29 is 13.2 Å². The topological polar surface area (TPSA) is 97.2 Å². The first-order chi connectivity index (χ1) is 13.9. The zero-order valence-corrected chi connectivity index (χ0v) is 18.0. The van der Waals surface area contributed by atoms with Crippen LogP contribution in [-0.4, -0.2) is 46.3 Å². The number of fused-ring (bicyclic) bond motifs is 1. The second kappa shape index (κ2) is 7.85. The number of hydrogen-bond donors (Lipinski definition) is 1. The molecule has 2 aromatic heterocycles. The molecule has 1 amide bonds. The maximum absolute atomic E-state index is 12.9. The maximum atomic E-state index is 12.9. The zero-order chi connectivity index (χ0) is 20.6. The van der Waals surface area contributed by atoms with Crippen LogP contribution in [0.1, 0.15) is 25.3 Å². The van der Waals surface area contributed by atoms with Crippen LogP contribution in [0.3, 0.4) is 0 Å². The predicted molar refractivity (Wildman–Crippen MR) is 112 cm³/mol. The van der Waals surface area contributed by atoms with Gasteiger partial charge in [-0.1, -0.05) is 17.4 Å². The fourth-order valence-corrected chi connectivity index (χ4v) is 5.87. The van der Waals surface area contributed by atoms with Crippen molar-refractivity contribution in [2.45, 2.75) is 38.3 Å². The number of imidazole rings is 1. The monoisotopic (exact) mass is 433 g/mol. The van der Waals surface area contributed by atoms with Crippen molar-refractivity contribution in [3.8, 4) is 0 Å². The van der Waals surface area contributed by atoms with Gasteiger partial charge in [0.25, 0.3) is 10.0 Å². The number of benzene rings is 1. The Hall–Kier alpha value is -2.30. The van der Waals surface area contributed by atoms with E-state index >= 15 is 0 Å². The molecule has 3 heterocycles. The highest BCUT2D eigenvalue weighted by Gasteiger charge is 2.34. The molecule has 1 atom stereocenters. The van der Waals surface area contributed by atoms with E-state index in [9.17, 15) is 13.2 Å². The van der Waals surface area contributed by atoms with Gasteiger partial charge in [0.15, 0.2) is 10.2 Å². The normalized spacial score (nSPS) is 18.2. The average molecular weight is 434 g/mol. The van der Waals surface area contributed by atoms with Crippen molar-refractivity contribution in [3.05, 3.63) is 36.3 Å². The quantitative estimate of drug-likeness (QED) is 0.667. The number of carbonyl (C=O) groups is 1. The summed E-state index contributed by atoms with van der Waals surface area (Å²) in [6.45, 7) is 5.12. The Morgan fingerprint density at radius 3 is 2.97 bits per heavy atom. The molecule has 1 aromatic carbocycles. The van der Waals surface area contributed by atoms with Crippen LogP contribution in [-0.2, 0) is 21.4 Å². The van der Waals surface area contributed by atoms with Gasteiger partial charge in [0.05, 0.1) is 22.5 Å². The highest BCUT2D eigenvalue weighted by atomic mass is 32.2. The van der Waals surface area contributed by atoms with Crippen LogP contribution in [0.2, 0.25) is 0 Å². The molecule has 1 aliphatic rings. The summed E-state index contributed by atoms with van der Waals surface area (Å²) in [4.78, 5) is 21.3. The number of anilines is 1. The summed E-state index contributed by atoms with van der Waals surface area (Å²) in [5.41, 5.74) is 1.98. The summed E-state index contributed by atoms with van der Waals surface area (Å²) in [6.07, 6.45) is 4.31. The Balaban J connectivity index is 1.47. The molecule has 10 heteroatoms. The number of nitrogens with one attached hydrogen (secondary N) is 1. The minimum atomic E-state index is -3.71. The van der Waals surface area contributed by atoms with Crippen LogP contribution in [0.25, 0.3) is 10.2 Å². The van der Waals surface area contributed by atoms with Crippen LogP contribution in [0, 0.1) is 12.8 Å². The number of amides is 1. The van der Waals surface area contributed by atoms with Gasteiger partial charge in [0, 0.05) is 25.8 Å². The largest absolute Gasteiger partial charge is 0.336 e. The standard InChI is InChI=1S/C19H23N5O3S2/c1-3-23-11-17(20-12-23)29(26,27)24-8-4-5-14(10-24)18(25)22-19-21-15-7-6-13(2)9-16(15)28-19/h6-7,9,11-12,14H,3-5,8,10H2,1-2H3,(H,21,22,25)/t14-/m0/s1. The number of hydrogen-bond acceptors (Lipinski definition) is 6. The molecule has 0 bridgehead atoms. The fraction of sp³-hybridized carbons (Fsp3) is 0.421. The molecule has 0 spiro atoms. The van der Waals surface area contributed by atoms with Crippen molar-refractivity contribution in [3.63, 3.8) is 0 Å². The summed E-state index contributed by atoms with van der Waals surface area (Å²) in [6, 6.07) is 5.95. The summed E-state index contributed by atoms with van der Waals surface area (Å²) in [5.74, 6) is -0.611. The van der Waals surface area contributed by atoms with E-state index in [1.54, 1.807) is 4.57 Å². The number of carbonyl (C=O) groups excluding carboxylic acids is 1. The smallest absolute Gasteiger partial charge is 0.262 e. The van der Waals surface area contributed by atoms with Crippen LogP contribution >= 0.6 is 11.3 Å². The molecule has 1 aliphatic heterocycles. The molecule has 0 unspecified atom stereocenters. The van der Waals surface area contributed by atoms with Crippen LogP contribution < -0.4 is 5.32 Å². The second-order valence-corrected chi connectivity index (χ2v) is 10.1. The molecule has 4 rings (SSSR count). The lowest BCUT2D eigenvalue weighted by molar-refractivity contribution is -0.120. The number of aromatic nitrogens is 3. The summed E-state index contributed by atoms with van der Waals surface area (Å²) >= 11 is 1.42. The van der Waals surface area contributed by atoms with Gasteiger partial charge in [-0.15, -0.1) is 0 Å². The molecular weight excluding hydrogens is 410 g/mol. The van der Waals surface area contributed by atoms with Crippen molar-refractivity contribution in [1.82, 2.24) is 18.8 Å². The lowest BCUT2D eigenvalue weighted by Gasteiger charge is -2.30. The first-order valence-corrected chi connectivity index (χ1v) is 11.8. The highest BCUT2D eigenvalue weighted by molar-refractivity contribution is 7.89. The lowest BCUT2D eigenvalue weighted by atomic mass is 9.99. The molecule has 29 heavy (non-hydrogen) atoms. The molecule has 8 nitrogen and oxygen atoms in total. The Kier molecular flexibility index (Phi) is 5.41. The van der Waals surface area contributed by atoms with E-state index in [4.69, 9.17) is 0 Å².